The second-order valence-electron chi connectivity index (χ2n) is 9.60. The molecule has 0 spiro atoms. The highest BCUT2D eigenvalue weighted by Crippen LogP contribution is 2.12. The van der Waals surface area contributed by atoms with Gasteiger partial charge in [-0.05, 0) is 35.3 Å². The lowest BCUT2D eigenvalue weighted by Gasteiger charge is -2.26. The molecule has 0 fully saturated rings. The fraction of sp³-hybridized carbons (Fsp3) is 0.321. The van der Waals surface area contributed by atoms with Gasteiger partial charge < -0.3 is 26.6 Å². The summed E-state index contributed by atoms with van der Waals surface area (Å²) in [5.74, 6) is -3.31. The summed E-state index contributed by atoms with van der Waals surface area (Å²) in [6, 6.07) is 12.5. The van der Waals surface area contributed by atoms with Crippen LogP contribution in [0.1, 0.15) is 25.0 Å². The van der Waals surface area contributed by atoms with E-state index in [1.54, 1.807) is 44.2 Å². The molecule has 0 unspecified atom stereocenters. The molecule has 218 valence electrons. The molecule has 13 heteroatoms. The van der Waals surface area contributed by atoms with E-state index in [0.717, 1.165) is 10.5 Å². The molecule has 0 heterocycles. The molecule has 13 nitrogen and oxygen atoms in total. The Hall–Kier alpha value is -5.07. The number of carbonyl (C=O) groups excluding carboxylic acids is 5. The molecule has 41 heavy (non-hydrogen) atoms. The van der Waals surface area contributed by atoms with Crippen LogP contribution in [0.5, 0.6) is 0 Å². The molecular formula is C28H34N6O7. The Morgan fingerprint density at radius 2 is 1.61 bits per heavy atom. The number of rotatable bonds is 14. The lowest BCUT2D eigenvalue weighted by Crippen LogP contribution is -2.54. The Kier molecular flexibility index (Phi) is 12.2. The maximum absolute atomic E-state index is 13.2. The van der Waals surface area contributed by atoms with Crippen LogP contribution in [0.4, 0.5) is 5.69 Å². The number of benzene rings is 2. The summed E-state index contributed by atoms with van der Waals surface area (Å²) < 4.78 is 0. The lowest BCUT2D eigenvalue weighted by atomic mass is 10.0. The number of nitro benzene ring substituents is 1. The fourth-order valence-corrected chi connectivity index (χ4v) is 3.75. The average molecular weight is 567 g/mol. The van der Waals surface area contributed by atoms with E-state index in [1.165, 1.54) is 43.5 Å². The van der Waals surface area contributed by atoms with Gasteiger partial charge in [0.2, 0.25) is 29.5 Å². The quantitative estimate of drug-likeness (QED) is 0.145. The van der Waals surface area contributed by atoms with Crippen molar-refractivity contribution in [1.29, 1.82) is 0 Å². The van der Waals surface area contributed by atoms with Gasteiger partial charge in [-0.1, -0.05) is 44.2 Å². The van der Waals surface area contributed by atoms with Crippen LogP contribution in [0.3, 0.4) is 0 Å². The number of amides is 5. The third-order valence-corrected chi connectivity index (χ3v) is 5.92. The fourth-order valence-electron chi connectivity index (χ4n) is 3.75. The van der Waals surface area contributed by atoms with E-state index in [9.17, 15) is 34.1 Å². The van der Waals surface area contributed by atoms with Gasteiger partial charge in [-0.15, -0.1) is 0 Å². The number of nitrogens with one attached hydrogen (secondary N) is 3. The summed E-state index contributed by atoms with van der Waals surface area (Å²) in [7, 11) is 1.39. The second-order valence-corrected chi connectivity index (χ2v) is 9.60. The van der Waals surface area contributed by atoms with Gasteiger partial charge in [0.05, 0.1) is 18.0 Å². The lowest BCUT2D eigenvalue weighted by molar-refractivity contribution is -0.384. The second kappa shape index (κ2) is 15.5. The molecule has 0 saturated carbocycles. The average Bonchev–Trinajstić information content (AvgIpc) is 2.93. The van der Waals surface area contributed by atoms with Crippen LogP contribution in [-0.2, 0) is 30.4 Å². The number of nitrogens with two attached hydrogens (primary N) is 1. The number of nitro groups is 1. The molecule has 2 aromatic rings. The minimum atomic E-state index is -1.05. The topological polar surface area (TPSA) is 194 Å². The van der Waals surface area contributed by atoms with E-state index in [-0.39, 0.29) is 24.6 Å². The van der Waals surface area contributed by atoms with Crippen molar-refractivity contribution in [2.24, 2.45) is 11.7 Å². The van der Waals surface area contributed by atoms with Gasteiger partial charge in [0, 0.05) is 31.7 Å². The number of non-ortho nitro benzene ring substituents is 1. The molecule has 2 aromatic carbocycles. The molecule has 0 aliphatic carbocycles. The largest absolute Gasteiger partial charge is 0.368 e. The Balaban J connectivity index is 2.01. The predicted molar refractivity (Wildman–Crippen MR) is 151 cm³/mol. The van der Waals surface area contributed by atoms with Crippen LogP contribution in [-0.4, -0.2) is 71.6 Å². The number of hydrogen-bond acceptors (Lipinski definition) is 7. The van der Waals surface area contributed by atoms with Gasteiger partial charge in [0.15, 0.2) is 0 Å². The summed E-state index contributed by atoms with van der Waals surface area (Å²) in [5, 5.41) is 18.3. The Morgan fingerprint density at radius 3 is 2.17 bits per heavy atom. The van der Waals surface area contributed by atoms with Gasteiger partial charge in [-0.2, -0.15) is 0 Å². The number of likely N-dealkylation sites (N-methyl/N-ethyl adjacent to an activating group) is 1. The first-order valence-corrected chi connectivity index (χ1v) is 12.7. The normalized spacial score (nSPS) is 12.3. The molecule has 5 N–H and O–H groups in total. The predicted octanol–water partition coefficient (Wildman–Crippen LogP) is 0.536. The van der Waals surface area contributed by atoms with Crippen molar-refractivity contribution in [3.05, 3.63) is 81.9 Å². The van der Waals surface area contributed by atoms with Crippen LogP contribution in [0.25, 0.3) is 6.08 Å². The van der Waals surface area contributed by atoms with Crippen molar-refractivity contribution in [1.82, 2.24) is 20.9 Å². The number of primary amides is 1. The molecule has 2 rings (SSSR count). The SMILES string of the molecule is CC(C)[C@H](NC(=O)CN(C)C(=O)[C@H](Cc1ccccc1)NC(=O)CNC(=O)/C=C/c1ccc([N+](=O)[O-])cc1)C(N)=O. The zero-order valence-corrected chi connectivity index (χ0v) is 23.0. The van der Waals surface area contributed by atoms with Crippen molar-refractivity contribution < 1.29 is 28.9 Å². The highest BCUT2D eigenvalue weighted by molar-refractivity contribution is 5.96. The molecule has 0 aliphatic rings. The maximum atomic E-state index is 13.2. The molecular weight excluding hydrogens is 532 g/mol. The number of carbonyl (C=O) groups is 5. The third kappa shape index (κ3) is 10.9. The van der Waals surface area contributed by atoms with E-state index < -0.39 is 53.1 Å². The van der Waals surface area contributed by atoms with Gasteiger partial charge in [-0.25, -0.2) is 0 Å². The van der Waals surface area contributed by atoms with Gasteiger partial charge >= 0.3 is 0 Å². The van der Waals surface area contributed by atoms with Gasteiger partial charge in [-0.3, -0.25) is 34.1 Å². The van der Waals surface area contributed by atoms with Crippen LogP contribution < -0.4 is 21.7 Å². The van der Waals surface area contributed by atoms with Gasteiger partial charge in [0.25, 0.3) is 5.69 Å². The first-order valence-electron chi connectivity index (χ1n) is 12.7. The molecule has 0 radical (unpaired) electrons. The summed E-state index contributed by atoms with van der Waals surface area (Å²) in [4.78, 5) is 73.5. The van der Waals surface area contributed by atoms with Crippen LogP contribution in [0.15, 0.2) is 60.7 Å². The first-order chi connectivity index (χ1) is 19.4. The molecule has 0 saturated heterocycles. The molecule has 5 amide bonds. The Labute approximate surface area is 237 Å². The smallest absolute Gasteiger partial charge is 0.269 e. The molecule has 0 aromatic heterocycles. The Morgan fingerprint density at radius 1 is 0.976 bits per heavy atom. The first kappa shape index (κ1) is 32.1. The highest BCUT2D eigenvalue weighted by atomic mass is 16.6. The molecule has 0 bridgehead atoms. The summed E-state index contributed by atoms with van der Waals surface area (Å²) >= 11 is 0. The maximum Gasteiger partial charge on any atom is 0.269 e. The third-order valence-electron chi connectivity index (χ3n) is 5.92. The zero-order valence-electron chi connectivity index (χ0n) is 23.0. The van der Waals surface area contributed by atoms with Crippen LogP contribution >= 0.6 is 0 Å². The van der Waals surface area contributed by atoms with Gasteiger partial charge in [0.1, 0.15) is 12.1 Å². The monoisotopic (exact) mass is 566 g/mol. The highest BCUT2D eigenvalue weighted by Gasteiger charge is 2.27. The zero-order chi connectivity index (χ0) is 30.5. The van der Waals surface area contributed by atoms with Crippen molar-refractivity contribution in [2.75, 3.05) is 20.1 Å². The van der Waals surface area contributed by atoms with Crippen molar-refractivity contribution >= 4 is 41.3 Å². The molecule has 0 aliphatic heterocycles. The van der Waals surface area contributed by atoms with Crippen molar-refractivity contribution in [3.8, 4) is 0 Å². The van der Waals surface area contributed by atoms with E-state index >= 15 is 0 Å². The van der Waals surface area contributed by atoms with E-state index in [2.05, 4.69) is 16.0 Å². The minimum Gasteiger partial charge on any atom is -0.368 e. The molecule has 2 atom stereocenters. The summed E-state index contributed by atoms with van der Waals surface area (Å²) in [5.41, 5.74) is 6.56. The Bertz CT molecular complexity index is 1280. The van der Waals surface area contributed by atoms with Crippen LogP contribution in [0.2, 0.25) is 0 Å². The number of hydrogen-bond donors (Lipinski definition) is 4. The minimum absolute atomic E-state index is 0.0837. The van der Waals surface area contributed by atoms with Crippen LogP contribution in [0, 0.1) is 16.0 Å². The standard InChI is InChI=1S/C28H34N6O7/c1-18(2)26(27(29)38)32-25(37)17-33(3)28(39)22(15-20-7-5-4-6-8-20)31-24(36)16-30-23(35)14-11-19-9-12-21(13-10-19)34(40)41/h4-14,18,22,26H,15-17H2,1-3H3,(H2,29,38)(H,30,35)(H,31,36)(H,32,37)/b14-11+/t22-,26-/m0/s1. The van der Waals surface area contributed by atoms with E-state index in [0.29, 0.717) is 5.56 Å². The van der Waals surface area contributed by atoms with Crippen molar-refractivity contribution in [2.45, 2.75) is 32.4 Å². The van der Waals surface area contributed by atoms with E-state index in [1.807, 2.05) is 0 Å². The summed E-state index contributed by atoms with van der Waals surface area (Å²) in [6.07, 6.45) is 2.73. The summed E-state index contributed by atoms with van der Waals surface area (Å²) in [6.45, 7) is 2.64. The van der Waals surface area contributed by atoms with Crippen molar-refractivity contribution in [3.63, 3.8) is 0 Å². The van der Waals surface area contributed by atoms with E-state index in [4.69, 9.17) is 5.73 Å². The number of nitrogens with zero attached hydrogens (tertiary/aromatic N) is 2.